The number of rotatable bonds is 7. The Labute approximate surface area is 140 Å². The minimum absolute atomic E-state index is 0.311. The lowest BCUT2D eigenvalue weighted by Crippen LogP contribution is -2.17. The third-order valence-electron chi connectivity index (χ3n) is 4.19. The molecule has 2 nitrogen and oxygen atoms in total. The first kappa shape index (κ1) is 20.7. The van der Waals surface area contributed by atoms with Gasteiger partial charge in [-0.15, -0.1) is 0 Å². The van der Waals surface area contributed by atoms with Crippen LogP contribution < -0.4 is 5.73 Å². The van der Waals surface area contributed by atoms with Gasteiger partial charge in [-0.3, -0.25) is 4.57 Å². The van der Waals surface area contributed by atoms with E-state index in [1.807, 2.05) is 0 Å². The molecule has 0 fully saturated rings. The highest BCUT2D eigenvalue weighted by atomic mass is 35.5. The Balaban J connectivity index is 0.000000394. The number of halogens is 2. The summed E-state index contributed by atoms with van der Waals surface area (Å²) in [6, 6.07) is 5.15. The van der Waals surface area contributed by atoms with E-state index >= 15 is 0 Å². The summed E-state index contributed by atoms with van der Waals surface area (Å²) in [4.78, 5) is 0. The minimum Gasteiger partial charge on any atom is -0.397 e. The maximum Gasteiger partial charge on any atom is 0.155 e. The van der Waals surface area contributed by atoms with Crippen molar-refractivity contribution in [1.29, 1.82) is 0 Å². The molecule has 0 spiro atoms. The third kappa shape index (κ3) is 7.49. The van der Waals surface area contributed by atoms with Crippen molar-refractivity contribution in [3.63, 3.8) is 0 Å². The van der Waals surface area contributed by atoms with Crippen LogP contribution in [0.15, 0.2) is 18.2 Å². The highest BCUT2D eigenvalue weighted by Crippen LogP contribution is 2.35. The van der Waals surface area contributed by atoms with Crippen LogP contribution in [0.2, 0.25) is 10.0 Å². The summed E-state index contributed by atoms with van der Waals surface area (Å²) >= 11 is 11.2. The zero-order chi connectivity index (χ0) is 16.3. The van der Waals surface area contributed by atoms with Crippen LogP contribution in [0, 0.1) is 5.41 Å². The van der Waals surface area contributed by atoms with Crippen molar-refractivity contribution in [3.8, 4) is 0 Å². The van der Waals surface area contributed by atoms with Gasteiger partial charge in [0.25, 0.3) is 0 Å². The summed E-state index contributed by atoms with van der Waals surface area (Å²) in [6.07, 6.45) is 6.97. The molecule has 120 valence electrons. The maximum atomic E-state index is 10.3. The van der Waals surface area contributed by atoms with E-state index < -0.39 is 0 Å². The van der Waals surface area contributed by atoms with Gasteiger partial charge in [0, 0.05) is 6.16 Å². The highest BCUT2D eigenvalue weighted by Gasteiger charge is 2.22. The molecule has 0 aromatic heterocycles. The van der Waals surface area contributed by atoms with Gasteiger partial charge >= 0.3 is 0 Å². The second-order valence-electron chi connectivity index (χ2n) is 5.16. The van der Waals surface area contributed by atoms with Gasteiger partial charge in [0.2, 0.25) is 0 Å². The summed E-state index contributed by atoms with van der Waals surface area (Å²) in [5.74, 6) is 0. The van der Waals surface area contributed by atoms with Gasteiger partial charge in [-0.1, -0.05) is 69.3 Å². The third-order valence-corrected chi connectivity index (χ3v) is 5.52. The van der Waals surface area contributed by atoms with E-state index in [1.165, 1.54) is 25.7 Å². The van der Waals surface area contributed by atoms with Crippen LogP contribution in [0.25, 0.3) is 0 Å². The number of benzene rings is 1. The van der Waals surface area contributed by atoms with E-state index in [2.05, 4.69) is 20.8 Å². The Kier molecular flexibility index (Phi) is 11.1. The van der Waals surface area contributed by atoms with Crippen LogP contribution in [-0.2, 0) is 4.57 Å². The molecule has 0 radical (unpaired) electrons. The number of nitrogen functional groups attached to an aromatic ring is 1. The standard InChI is InChI=1S/C10H21OP.C6H5Cl2N/c1-4-10(5-2,6-3)8-7-9-12-11;7-4-2-1-3-5(9)6(4)8/h4-9H2,1-3H3;1-3H,9H2. The molecule has 0 saturated carbocycles. The van der Waals surface area contributed by atoms with E-state index in [4.69, 9.17) is 28.9 Å². The fourth-order valence-electron chi connectivity index (χ4n) is 2.32. The van der Waals surface area contributed by atoms with Crippen LogP contribution in [0.4, 0.5) is 5.69 Å². The Bertz CT molecular complexity index is 394. The molecule has 0 unspecified atom stereocenters. The molecule has 0 atom stereocenters. The van der Waals surface area contributed by atoms with Crippen molar-refractivity contribution in [2.24, 2.45) is 5.41 Å². The average Bonchev–Trinajstić information content (AvgIpc) is 2.50. The number of nitrogens with two attached hydrogens (primary N) is 1. The first-order valence-electron chi connectivity index (χ1n) is 7.44. The molecule has 1 rings (SSSR count). The summed E-state index contributed by atoms with van der Waals surface area (Å²) in [5, 5.41) is 0.927. The van der Waals surface area contributed by atoms with Gasteiger partial charge in [-0.2, -0.15) is 0 Å². The summed E-state index contributed by atoms with van der Waals surface area (Å²) in [6.45, 7) is 6.80. The zero-order valence-electron chi connectivity index (χ0n) is 13.2. The van der Waals surface area contributed by atoms with Gasteiger partial charge in [-0.25, -0.2) is 0 Å². The summed E-state index contributed by atoms with van der Waals surface area (Å²) in [5.41, 5.74) is 6.45. The molecule has 1 aromatic carbocycles. The Hall–Kier alpha value is -0.300. The SMILES string of the molecule is CCC(CC)(CC)CCCP=O.Nc1cccc(Cl)c1Cl. The molecular weight excluding hydrogens is 324 g/mol. The van der Waals surface area contributed by atoms with Gasteiger partial charge in [0.1, 0.15) is 0 Å². The van der Waals surface area contributed by atoms with E-state index in [9.17, 15) is 4.57 Å². The number of hydrogen-bond acceptors (Lipinski definition) is 2. The lowest BCUT2D eigenvalue weighted by Gasteiger charge is -2.30. The Morgan fingerprint density at radius 3 is 2.10 bits per heavy atom. The molecule has 0 amide bonds. The number of hydrogen-bond donors (Lipinski definition) is 1. The molecule has 2 N–H and O–H groups in total. The predicted octanol–water partition coefficient (Wildman–Crippen LogP) is 6.85. The normalized spacial score (nSPS) is 11.1. The van der Waals surface area contributed by atoms with Crippen LogP contribution in [0.3, 0.4) is 0 Å². The lowest BCUT2D eigenvalue weighted by molar-refractivity contribution is 0.227. The molecule has 1 aromatic rings. The fourth-order valence-corrected chi connectivity index (χ4v) is 2.91. The van der Waals surface area contributed by atoms with E-state index in [0.717, 1.165) is 12.6 Å². The monoisotopic (exact) mass is 349 g/mol. The molecule has 0 aliphatic carbocycles. The van der Waals surface area contributed by atoms with Crippen LogP contribution >= 0.6 is 31.7 Å². The van der Waals surface area contributed by atoms with Crippen molar-refractivity contribution in [3.05, 3.63) is 28.2 Å². The quantitative estimate of drug-likeness (QED) is 0.332. The fraction of sp³-hybridized carbons (Fsp3) is 0.625. The second kappa shape index (κ2) is 11.3. The molecule has 21 heavy (non-hydrogen) atoms. The molecule has 0 bridgehead atoms. The highest BCUT2D eigenvalue weighted by molar-refractivity contribution is 7.23. The molecule has 5 heteroatoms. The smallest absolute Gasteiger partial charge is 0.155 e. The topological polar surface area (TPSA) is 43.1 Å². The van der Waals surface area contributed by atoms with Crippen LogP contribution in [0.5, 0.6) is 0 Å². The van der Waals surface area contributed by atoms with Crippen molar-refractivity contribution in [2.75, 3.05) is 11.9 Å². The second-order valence-corrected chi connectivity index (χ2v) is 6.65. The Morgan fingerprint density at radius 1 is 1.14 bits per heavy atom. The van der Waals surface area contributed by atoms with Gasteiger partial charge in [0.15, 0.2) is 8.46 Å². The summed E-state index contributed by atoms with van der Waals surface area (Å²) < 4.78 is 10.3. The molecule has 0 saturated heterocycles. The minimum atomic E-state index is 0.311. The van der Waals surface area contributed by atoms with Crippen LogP contribution in [-0.4, -0.2) is 6.16 Å². The zero-order valence-corrected chi connectivity index (χ0v) is 15.6. The molecule has 0 heterocycles. The molecular formula is C16H26Cl2NOP. The summed E-state index contributed by atoms with van der Waals surface area (Å²) in [7, 11) is 0.311. The largest absolute Gasteiger partial charge is 0.397 e. The molecule has 0 aliphatic rings. The Morgan fingerprint density at radius 2 is 1.71 bits per heavy atom. The lowest BCUT2D eigenvalue weighted by atomic mass is 9.76. The van der Waals surface area contributed by atoms with E-state index in [1.54, 1.807) is 18.2 Å². The van der Waals surface area contributed by atoms with Crippen LogP contribution in [0.1, 0.15) is 52.9 Å². The van der Waals surface area contributed by atoms with Crippen molar-refractivity contribution in [2.45, 2.75) is 52.9 Å². The first-order chi connectivity index (χ1) is 9.96. The van der Waals surface area contributed by atoms with Crippen molar-refractivity contribution in [1.82, 2.24) is 0 Å². The number of anilines is 1. The van der Waals surface area contributed by atoms with E-state index in [0.29, 0.717) is 29.6 Å². The van der Waals surface area contributed by atoms with Crippen molar-refractivity contribution < 1.29 is 4.57 Å². The average molecular weight is 350 g/mol. The van der Waals surface area contributed by atoms with Gasteiger partial charge in [-0.05, 0) is 30.4 Å². The first-order valence-corrected chi connectivity index (χ1v) is 9.20. The van der Waals surface area contributed by atoms with Crippen molar-refractivity contribution >= 4 is 37.3 Å². The molecule has 0 aliphatic heterocycles. The predicted molar refractivity (Wildman–Crippen MR) is 95.9 cm³/mol. The van der Waals surface area contributed by atoms with E-state index in [-0.39, 0.29) is 0 Å². The van der Waals surface area contributed by atoms with Gasteiger partial charge in [0.05, 0.1) is 15.7 Å². The maximum absolute atomic E-state index is 10.3. The van der Waals surface area contributed by atoms with Gasteiger partial charge < -0.3 is 5.73 Å².